The molecule has 0 aliphatic rings. The van der Waals surface area contributed by atoms with Crippen molar-refractivity contribution in [3.05, 3.63) is 89.5 Å². The number of amides is 3. The molecule has 0 fully saturated rings. The van der Waals surface area contributed by atoms with E-state index in [2.05, 4.69) is 62.2 Å². The number of hydrogen-bond acceptors (Lipinski definition) is 12. The van der Waals surface area contributed by atoms with E-state index < -0.39 is 0 Å². The number of aromatic amines is 3. The number of rotatable bonds is 15. The van der Waals surface area contributed by atoms with Crippen LogP contribution in [0.2, 0.25) is 0 Å². The van der Waals surface area contributed by atoms with Gasteiger partial charge in [-0.2, -0.15) is 0 Å². The molecule has 3 amide bonds. The second kappa shape index (κ2) is 15.0. The minimum atomic E-state index is -0.282. The molecule has 18 heteroatoms. The average Bonchev–Trinajstić information content (AvgIpc) is 3.93. The van der Waals surface area contributed by atoms with Crippen LogP contribution in [0.5, 0.6) is 17.2 Å². The van der Waals surface area contributed by atoms with Gasteiger partial charge in [0, 0.05) is 34.9 Å². The first-order chi connectivity index (χ1) is 25.0. The largest absolute Gasteiger partial charge is 0.491 e. The van der Waals surface area contributed by atoms with Crippen molar-refractivity contribution in [3.8, 4) is 17.2 Å². The zero-order valence-corrected chi connectivity index (χ0v) is 26.8. The first kappa shape index (κ1) is 32.4. The molecule has 258 valence electrons. The molecule has 4 aromatic carbocycles. The lowest BCUT2D eigenvalue weighted by molar-refractivity contribution is 0.0940. The number of carbonyl (C=O) groups excluding carboxylic acids is 3. The molecule has 18 nitrogen and oxygen atoms in total. The molecule has 0 saturated carbocycles. The molecule has 51 heavy (non-hydrogen) atoms. The summed E-state index contributed by atoms with van der Waals surface area (Å²) in [6.45, 7) is 1.11. The number of H-pyrrole nitrogens is 3. The lowest BCUT2D eigenvalue weighted by atomic mass is 10.2. The van der Waals surface area contributed by atoms with Crippen LogP contribution in [0.4, 0.5) is 0 Å². The second-order valence-electron chi connectivity index (χ2n) is 11.1. The van der Waals surface area contributed by atoms with Gasteiger partial charge in [-0.3, -0.25) is 29.7 Å². The van der Waals surface area contributed by atoms with Gasteiger partial charge in [-0.05, 0) is 54.6 Å². The van der Waals surface area contributed by atoms with Crippen molar-refractivity contribution in [1.82, 2.24) is 62.2 Å². The number of benzene rings is 4. The van der Waals surface area contributed by atoms with E-state index in [1.54, 1.807) is 72.8 Å². The first-order valence-electron chi connectivity index (χ1n) is 15.8. The lowest BCUT2D eigenvalue weighted by Crippen LogP contribution is -2.28. The minimum absolute atomic E-state index is 0.152. The highest BCUT2D eigenvalue weighted by atomic mass is 16.5. The predicted molar refractivity (Wildman–Crippen MR) is 182 cm³/mol. The van der Waals surface area contributed by atoms with Crippen LogP contribution in [0.3, 0.4) is 0 Å². The van der Waals surface area contributed by atoms with E-state index in [0.717, 1.165) is 11.0 Å². The van der Waals surface area contributed by atoms with Gasteiger partial charge in [0.1, 0.15) is 53.6 Å². The number of nitrogens with one attached hydrogen (secondary N) is 6. The molecule has 0 bridgehead atoms. The summed E-state index contributed by atoms with van der Waals surface area (Å²) in [7, 11) is 0. The second-order valence-corrected chi connectivity index (χ2v) is 11.1. The van der Waals surface area contributed by atoms with Gasteiger partial charge in [0.15, 0.2) is 0 Å². The highest BCUT2D eigenvalue weighted by molar-refractivity contribution is 5.98. The van der Waals surface area contributed by atoms with Gasteiger partial charge in [0.25, 0.3) is 17.7 Å². The van der Waals surface area contributed by atoms with Gasteiger partial charge < -0.3 is 30.2 Å². The molecule has 0 radical (unpaired) electrons. The van der Waals surface area contributed by atoms with E-state index >= 15 is 0 Å². The fourth-order valence-electron chi connectivity index (χ4n) is 5.05. The summed E-state index contributed by atoms with van der Waals surface area (Å²) in [5, 5.41) is 39.7. The standard InChI is InChI=1S/C33H30N12O6/c46-31(19-1-4-25-28(13-19)40-43-37-25)34-7-10-49-22-16-23(50-11-8-35-32(47)20-2-5-26-29(14-20)41-44-38-26)18-24(17-22)51-12-9-36-33(48)21-3-6-27-30(15-21)42-45-39-27/h1-6,13-18H,7-12H2,(H,34,46)(H,35,47)(H,36,48)(H,37,40,43)(H,38,41,44)(H,39,42,45). The van der Waals surface area contributed by atoms with Gasteiger partial charge in [0.05, 0.1) is 36.2 Å². The Hall–Kier alpha value is -7.11. The molecular formula is C33H30N12O6. The van der Waals surface area contributed by atoms with Crippen molar-refractivity contribution in [2.24, 2.45) is 0 Å². The van der Waals surface area contributed by atoms with Crippen molar-refractivity contribution in [1.29, 1.82) is 0 Å². The molecule has 6 N–H and O–H groups in total. The fourth-order valence-corrected chi connectivity index (χ4v) is 5.05. The summed E-state index contributed by atoms with van der Waals surface area (Å²) in [5.74, 6) is 0.442. The SMILES string of the molecule is O=C(NCCOc1cc(OCCNC(=O)c2ccc3[nH]nnc3c2)cc(OCCNC(=O)c2ccc3nn[nH]c3c2)c1)c1ccc2[nH]nnc2c1. The van der Waals surface area contributed by atoms with Crippen LogP contribution in [0.25, 0.3) is 33.1 Å². The van der Waals surface area contributed by atoms with Gasteiger partial charge in [-0.1, -0.05) is 15.6 Å². The molecule has 0 atom stereocenters. The topological polar surface area (TPSA) is 240 Å². The Balaban J connectivity index is 0.931. The van der Waals surface area contributed by atoms with Crippen LogP contribution in [-0.4, -0.2) is 103 Å². The maximum Gasteiger partial charge on any atom is 0.251 e. The Morgan fingerprint density at radius 3 is 1.33 bits per heavy atom. The van der Waals surface area contributed by atoms with Gasteiger partial charge >= 0.3 is 0 Å². The monoisotopic (exact) mass is 690 g/mol. The van der Waals surface area contributed by atoms with E-state index in [9.17, 15) is 14.4 Å². The molecule has 0 saturated heterocycles. The maximum atomic E-state index is 12.7. The number of fused-ring (bicyclic) bond motifs is 3. The van der Waals surface area contributed by atoms with Crippen LogP contribution < -0.4 is 30.2 Å². The molecule has 0 spiro atoms. The van der Waals surface area contributed by atoms with Gasteiger partial charge in [0.2, 0.25) is 0 Å². The van der Waals surface area contributed by atoms with Crippen LogP contribution in [0, 0.1) is 0 Å². The van der Waals surface area contributed by atoms with Crippen molar-refractivity contribution in [3.63, 3.8) is 0 Å². The molecule has 7 rings (SSSR count). The number of ether oxygens (including phenoxy) is 3. The third-order valence-electron chi connectivity index (χ3n) is 7.59. The Morgan fingerprint density at radius 1 is 0.471 bits per heavy atom. The summed E-state index contributed by atoms with van der Waals surface area (Å²) in [4.78, 5) is 38.0. The van der Waals surface area contributed by atoms with Crippen molar-refractivity contribution >= 4 is 50.8 Å². The molecule has 0 aliphatic carbocycles. The number of nitrogens with zero attached hydrogens (tertiary/aromatic N) is 6. The van der Waals surface area contributed by atoms with Crippen LogP contribution in [0.1, 0.15) is 31.1 Å². The third kappa shape index (κ3) is 7.96. The zero-order chi connectivity index (χ0) is 35.0. The normalized spacial score (nSPS) is 11.1. The zero-order valence-electron chi connectivity index (χ0n) is 26.8. The molecule has 0 unspecified atom stereocenters. The summed E-state index contributed by atoms with van der Waals surface area (Å²) in [6, 6.07) is 20.2. The fraction of sp³-hybridized carbons (Fsp3) is 0.182. The quantitative estimate of drug-likeness (QED) is 0.0846. The van der Waals surface area contributed by atoms with Crippen molar-refractivity contribution in [2.45, 2.75) is 0 Å². The molecule has 3 heterocycles. The van der Waals surface area contributed by atoms with E-state index in [1.165, 1.54) is 0 Å². The Morgan fingerprint density at radius 2 is 0.863 bits per heavy atom. The number of carbonyl (C=O) groups is 3. The molecule has 0 aliphatic heterocycles. The van der Waals surface area contributed by atoms with E-state index in [4.69, 9.17) is 14.2 Å². The van der Waals surface area contributed by atoms with E-state index in [1.807, 2.05) is 0 Å². The Labute approximate surface area is 287 Å². The first-order valence-corrected chi connectivity index (χ1v) is 15.8. The summed E-state index contributed by atoms with van der Waals surface area (Å²) >= 11 is 0. The minimum Gasteiger partial charge on any atom is -0.491 e. The van der Waals surface area contributed by atoms with Crippen molar-refractivity contribution < 1.29 is 28.6 Å². The predicted octanol–water partition coefficient (Wildman–Crippen LogP) is 1.93. The molecule has 7 aromatic rings. The smallest absolute Gasteiger partial charge is 0.251 e. The third-order valence-corrected chi connectivity index (χ3v) is 7.59. The van der Waals surface area contributed by atoms with Gasteiger partial charge in [-0.15, -0.1) is 15.3 Å². The summed E-state index contributed by atoms with van der Waals surface area (Å²) < 4.78 is 17.8. The molecule has 3 aromatic heterocycles. The molecular weight excluding hydrogens is 660 g/mol. The summed E-state index contributed by atoms with van der Waals surface area (Å²) in [5.41, 5.74) is 5.30. The van der Waals surface area contributed by atoms with Crippen molar-refractivity contribution in [2.75, 3.05) is 39.5 Å². The Kier molecular flexibility index (Phi) is 9.53. The Bertz CT molecular complexity index is 2060. The summed E-state index contributed by atoms with van der Waals surface area (Å²) in [6.07, 6.45) is 0. The van der Waals surface area contributed by atoms with Crippen LogP contribution >= 0.6 is 0 Å². The lowest BCUT2D eigenvalue weighted by Gasteiger charge is -2.14. The average molecular weight is 691 g/mol. The number of hydrogen-bond donors (Lipinski definition) is 6. The van der Waals surface area contributed by atoms with Gasteiger partial charge in [-0.25, -0.2) is 0 Å². The highest BCUT2D eigenvalue weighted by Gasteiger charge is 2.12. The van der Waals surface area contributed by atoms with E-state index in [-0.39, 0.29) is 57.2 Å². The number of aromatic nitrogens is 9. The maximum absolute atomic E-state index is 12.7. The van der Waals surface area contributed by atoms with Crippen LogP contribution in [-0.2, 0) is 0 Å². The highest BCUT2D eigenvalue weighted by Crippen LogP contribution is 2.28. The van der Waals surface area contributed by atoms with E-state index in [0.29, 0.717) is 56.0 Å². The van der Waals surface area contributed by atoms with Crippen LogP contribution in [0.15, 0.2) is 72.8 Å².